The van der Waals surface area contributed by atoms with Crippen LogP contribution in [0.2, 0.25) is 0 Å². The summed E-state index contributed by atoms with van der Waals surface area (Å²) in [5, 5.41) is 15.2. The van der Waals surface area contributed by atoms with Crippen molar-refractivity contribution in [3.63, 3.8) is 0 Å². The van der Waals surface area contributed by atoms with Crippen LogP contribution in [0.4, 0.5) is 16.3 Å². The number of ether oxygens (including phenoxy) is 1. The molecule has 1 fully saturated rings. The highest BCUT2D eigenvalue weighted by Crippen LogP contribution is 2.27. The summed E-state index contributed by atoms with van der Waals surface area (Å²) in [5.41, 5.74) is -0.218. The third-order valence-corrected chi connectivity index (χ3v) is 4.78. The molecule has 2 heterocycles. The lowest BCUT2D eigenvalue weighted by atomic mass is 10.2. The van der Waals surface area contributed by atoms with E-state index in [4.69, 9.17) is 4.74 Å². The van der Waals surface area contributed by atoms with E-state index in [1.807, 2.05) is 27.7 Å². The van der Waals surface area contributed by atoms with Gasteiger partial charge in [0.05, 0.1) is 4.92 Å². The number of para-hydroxylation sites is 1. The lowest BCUT2D eigenvalue weighted by molar-refractivity contribution is -0.383. The number of benzene rings is 1. The molecule has 1 amide bonds. The van der Waals surface area contributed by atoms with Gasteiger partial charge in [0.1, 0.15) is 17.7 Å². The fourth-order valence-corrected chi connectivity index (χ4v) is 3.44. The molecule has 1 atom stereocenters. The summed E-state index contributed by atoms with van der Waals surface area (Å²) in [6.45, 7) is 11.1. The Labute approximate surface area is 175 Å². The van der Waals surface area contributed by atoms with E-state index in [0.717, 1.165) is 19.6 Å². The molecular formula is C20H28N6O4. The zero-order valence-electron chi connectivity index (χ0n) is 17.8. The van der Waals surface area contributed by atoms with Crippen molar-refractivity contribution in [3.05, 3.63) is 34.6 Å². The van der Waals surface area contributed by atoms with E-state index in [0.29, 0.717) is 29.8 Å². The summed E-state index contributed by atoms with van der Waals surface area (Å²) in [7, 11) is 0. The molecule has 0 radical (unpaired) electrons. The van der Waals surface area contributed by atoms with Gasteiger partial charge in [-0.1, -0.05) is 6.07 Å². The number of carbonyl (C=O) groups excluding carboxylic acids is 1. The Morgan fingerprint density at radius 1 is 1.27 bits per heavy atom. The Hall–Kier alpha value is -3.01. The smallest absolute Gasteiger partial charge is 0.410 e. The Kier molecular flexibility index (Phi) is 6.35. The molecule has 0 spiro atoms. The minimum absolute atomic E-state index is 0.0381. The number of nitro groups is 1. The third kappa shape index (κ3) is 5.32. The largest absolute Gasteiger partial charge is 0.444 e. The van der Waals surface area contributed by atoms with Gasteiger partial charge in [0.25, 0.3) is 5.69 Å². The molecule has 1 N–H and O–H groups in total. The summed E-state index contributed by atoms with van der Waals surface area (Å²) < 4.78 is 5.43. The van der Waals surface area contributed by atoms with E-state index < -0.39 is 10.5 Å². The number of fused-ring (bicyclic) bond motifs is 1. The predicted molar refractivity (Wildman–Crippen MR) is 114 cm³/mol. The molecule has 3 rings (SSSR count). The Bertz CT molecular complexity index is 921. The summed E-state index contributed by atoms with van der Waals surface area (Å²) >= 11 is 0. The van der Waals surface area contributed by atoms with Gasteiger partial charge in [-0.2, -0.15) is 0 Å². The van der Waals surface area contributed by atoms with Crippen molar-refractivity contribution in [2.45, 2.75) is 39.3 Å². The van der Waals surface area contributed by atoms with Crippen LogP contribution in [0.3, 0.4) is 0 Å². The number of nitrogens with one attached hydrogen (secondary N) is 1. The van der Waals surface area contributed by atoms with Crippen LogP contribution in [0, 0.1) is 10.1 Å². The topological polar surface area (TPSA) is 114 Å². The van der Waals surface area contributed by atoms with E-state index in [1.165, 1.54) is 12.4 Å². The number of anilines is 1. The van der Waals surface area contributed by atoms with Crippen LogP contribution in [0.1, 0.15) is 27.7 Å². The standard InChI is InChI=1S/C20H28N6O4/c1-14(12-24-8-10-25(11-9-24)19(27)30-20(2,3)4)23-18-15-6-5-7-16(26(28)29)17(15)21-13-22-18/h5-7,13-14H,8-12H2,1-4H3,(H,21,22,23)/t14-/m0/s1. The van der Waals surface area contributed by atoms with E-state index >= 15 is 0 Å². The highest BCUT2D eigenvalue weighted by Gasteiger charge is 2.26. The average Bonchev–Trinajstić information content (AvgIpc) is 2.67. The highest BCUT2D eigenvalue weighted by atomic mass is 16.6. The summed E-state index contributed by atoms with van der Waals surface area (Å²) in [6, 6.07) is 4.90. The average molecular weight is 416 g/mol. The number of piperazine rings is 1. The first-order chi connectivity index (χ1) is 14.1. The van der Waals surface area contributed by atoms with Crippen molar-refractivity contribution in [1.29, 1.82) is 0 Å². The number of rotatable bonds is 5. The number of non-ortho nitro benzene ring substituents is 1. The fourth-order valence-electron chi connectivity index (χ4n) is 3.44. The van der Waals surface area contributed by atoms with Gasteiger partial charge in [0.15, 0.2) is 5.52 Å². The second-order valence-corrected chi connectivity index (χ2v) is 8.47. The molecule has 10 heteroatoms. The number of carbonyl (C=O) groups is 1. The van der Waals surface area contributed by atoms with Crippen molar-refractivity contribution >= 4 is 28.5 Å². The van der Waals surface area contributed by atoms with Crippen LogP contribution < -0.4 is 5.32 Å². The van der Waals surface area contributed by atoms with Crippen LogP contribution in [0.5, 0.6) is 0 Å². The molecular weight excluding hydrogens is 388 g/mol. The number of nitrogens with zero attached hydrogens (tertiary/aromatic N) is 5. The maximum atomic E-state index is 12.2. The molecule has 1 saturated heterocycles. The molecule has 2 aromatic rings. The van der Waals surface area contributed by atoms with E-state index in [1.54, 1.807) is 17.0 Å². The van der Waals surface area contributed by atoms with Gasteiger partial charge < -0.3 is 15.0 Å². The molecule has 30 heavy (non-hydrogen) atoms. The van der Waals surface area contributed by atoms with Crippen molar-refractivity contribution in [2.75, 3.05) is 38.0 Å². The lowest BCUT2D eigenvalue weighted by Crippen LogP contribution is -2.51. The zero-order chi connectivity index (χ0) is 21.9. The lowest BCUT2D eigenvalue weighted by Gasteiger charge is -2.36. The maximum absolute atomic E-state index is 12.2. The summed E-state index contributed by atoms with van der Waals surface area (Å²) in [6.07, 6.45) is 1.06. The van der Waals surface area contributed by atoms with Gasteiger partial charge >= 0.3 is 6.09 Å². The fraction of sp³-hybridized carbons (Fsp3) is 0.550. The van der Waals surface area contributed by atoms with E-state index in [2.05, 4.69) is 20.2 Å². The van der Waals surface area contributed by atoms with Crippen LogP contribution in [-0.4, -0.2) is 75.2 Å². The molecule has 0 bridgehead atoms. The second kappa shape index (κ2) is 8.78. The van der Waals surface area contributed by atoms with Crippen LogP contribution in [0.25, 0.3) is 10.9 Å². The number of amides is 1. The predicted octanol–water partition coefficient (Wildman–Crippen LogP) is 2.89. The minimum Gasteiger partial charge on any atom is -0.444 e. The number of hydrogen-bond donors (Lipinski definition) is 1. The molecule has 0 saturated carbocycles. The van der Waals surface area contributed by atoms with Crippen LogP contribution >= 0.6 is 0 Å². The first-order valence-corrected chi connectivity index (χ1v) is 9.99. The van der Waals surface area contributed by atoms with Crippen molar-refractivity contribution in [2.24, 2.45) is 0 Å². The third-order valence-electron chi connectivity index (χ3n) is 4.78. The molecule has 1 aromatic carbocycles. The Balaban J connectivity index is 1.58. The second-order valence-electron chi connectivity index (χ2n) is 8.47. The summed E-state index contributed by atoms with van der Waals surface area (Å²) in [5.74, 6) is 0.573. The molecule has 1 aliphatic rings. The first kappa shape index (κ1) is 21.7. The van der Waals surface area contributed by atoms with E-state index in [9.17, 15) is 14.9 Å². The van der Waals surface area contributed by atoms with Gasteiger partial charge in [-0.05, 0) is 33.8 Å². The SMILES string of the molecule is C[C@@H](CN1CCN(C(=O)OC(C)(C)C)CC1)Nc1ncnc2c([N+](=O)[O-])cccc12. The van der Waals surface area contributed by atoms with Crippen molar-refractivity contribution in [3.8, 4) is 0 Å². The van der Waals surface area contributed by atoms with Gasteiger partial charge in [-0.15, -0.1) is 0 Å². The van der Waals surface area contributed by atoms with Crippen molar-refractivity contribution < 1.29 is 14.5 Å². The van der Waals surface area contributed by atoms with Gasteiger partial charge in [-0.25, -0.2) is 14.8 Å². The zero-order valence-corrected chi connectivity index (χ0v) is 17.8. The van der Waals surface area contributed by atoms with Crippen molar-refractivity contribution in [1.82, 2.24) is 19.8 Å². The first-order valence-electron chi connectivity index (χ1n) is 9.99. The molecule has 162 valence electrons. The number of hydrogen-bond acceptors (Lipinski definition) is 8. The van der Waals surface area contributed by atoms with Gasteiger partial charge in [-0.3, -0.25) is 15.0 Å². The highest BCUT2D eigenvalue weighted by molar-refractivity contribution is 5.94. The Morgan fingerprint density at radius 3 is 2.60 bits per heavy atom. The molecule has 0 unspecified atom stereocenters. The molecule has 1 aromatic heterocycles. The minimum atomic E-state index is -0.498. The van der Waals surface area contributed by atoms with Crippen LogP contribution in [0.15, 0.2) is 24.5 Å². The van der Waals surface area contributed by atoms with Gasteiger partial charge in [0, 0.05) is 50.2 Å². The molecule has 1 aliphatic heterocycles. The molecule has 0 aliphatic carbocycles. The molecule has 10 nitrogen and oxygen atoms in total. The normalized spacial score (nSPS) is 16.3. The van der Waals surface area contributed by atoms with Crippen LogP contribution in [-0.2, 0) is 4.74 Å². The maximum Gasteiger partial charge on any atom is 0.410 e. The summed E-state index contributed by atoms with van der Waals surface area (Å²) in [4.78, 5) is 35.4. The monoisotopic (exact) mass is 416 g/mol. The number of nitro benzene ring substituents is 1. The Morgan fingerprint density at radius 2 is 1.97 bits per heavy atom. The van der Waals surface area contributed by atoms with Gasteiger partial charge in [0.2, 0.25) is 0 Å². The van der Waals surface area contributed by atoms with E-state index in [-0.39, 0.29) is 17.8 Å². The number of aromatic nitrogens is 2. The quantitative estimate of drug-likeness (QED) is 0.585.